The van der Waals surface area contributed by atoms with Gasteiger partial charge in [0.05, 0.1) is 10.6 Å². The van der Waals surface area contributed by atoms with Crippen molar-refractivity contribution in [2.45, 2.75) is 0 Å². The molecule has 0 fully saturated rings. The Morgan fingerprint density at radius 3 is 2.54 bits per heavy atom. The molecule has 0 radical (unpaired) electrons. The molecule has 0 aliphatic rings. The van der Waals surface area contributed by atoms with Crippen LogP contribution in [0.5, 0.6) is 0 Å². The molecule has 0 spiro atoms. The van der Waals surface area contributed by atoms with E-state index in [9.17, 15) is 19.3 Å². The predicted octanol–water partition coefficient (Wildman–Crippen LogP) is 3.93. The molecular formula is C16H9ClFN3O3. The third kappa shape index (κ3) is 4.15. The average molecular weight is 346 g/mol. The third-order valence-corrected chi connectivity index (χ3v) is 3.21. The Bertz CT molecular complexity index is 873. The molecule has 6 nitrogen and oxygen atoms in total. The number of amides is 1. The van der Waals surface area contributed by atoms with Crippen LogP contribution in [0.25, 0.3) is 6.08 Å². The number of halogens is 2. The second-order valence-electron chi connectivity index (χ2n) is 4.60. The lowest BCUT2D eigenvalue weighted by Crippen LogP contribution is -2.14. The number of nitrogens with zero attached hydrogens (tertiary/aromatic N) is 2. The second-order valence-corrected chi connectivity index (χ2v) is 5.03. The zero-order valence-electron chi connectivity index (χ0n) is 12.0. The molecule has 0 atom stereocenters. The normalized spacial score (nSPS) is 10.8. The molecule has 0 aliphatic heterocycles. The monoisotopic (exact) mass is 345 g/mol. The van der Waals surface area contributed by atoms with E-state index < -0.39 is 16.6 Å². The van der Waals surface area contributed by atoms with E-state index >= 15 is 0 Å². The van der Waals surface area contributed by atoms with Crippen LogP contribution in [0, 0.1) is 27.3 Å². The van der Waals surface area contributed by atoms with Crippen LogP contribution in [0.15, 0.2) is 48.0 Å². The highest BCUT2D eigenvalue weighted by atomic mass is 35.5. The van der Waals surface area contributed by atoms with Crippen molar-refractivity contribution in [3.05, 3.63) is 74.6 Å². The summed E-state index contributed by atoms with van der Waals surface area (Å²) in [5.74, 6) is -1.73. The molecule has 24 heavy (non-hydrogen) atoms. The third-order valence-electron chi connectivity index (χ3n) is 2.96. The number of carbonyl (C=O) groups is 1. The molecule has 0 aliphatic carbocycles. The first kappa shape index (κ1) is 17.1. The highest BCUT2D eigenvalue weighted by Gasteiger charge is 2.15. The smallest absolute Gasteiger partial charge is 0.271 e. The lowest BCUT2D eigenvalue weighted by atomic mass is 10.1. The van der Waals surface area contributed by atoms with Gasteiger partial charge in [-0.25, -0.2) is 4.39 Å². The summed E-state index contributed by atoms with van der Waals surface area (Å²) in [4.78, 5) is 22.1. The minimum atomic E-state index is -0.883. The van der Waals surface area contributed by atoms with Gasteiger partial charge in [0, 0.05) is 17.2 Å². The number of non-ortho nitro benzene ring substituents is 1. The fraction of sp³-hybridized carbons (Fsp3) is 0. The van der Waals surface area contributed by atoms with Gasteiger partial charge in [-0.05, 0) is 29.8 Å². The first-order chi connectivity index (χ1) is 11.4. The van der Waals surface area contributed by atoms with Crippen LogP contribution < -0.4 is 5.32 Å². The van der Waals surface area contributed by atoms with E-state index in [4.69, 9.17) is 16.9 Å². The van der Waals surface area contributed by atoms with E-state index in [1.54, 1.807) is 30.3 Å². The van der Waals surface area contributed by atoms with Gasteiger partial charge in [-0.2, -0.15) is 5.26 Å². The maximum absolute atomic E-state index is 13.7. The van der Waals surface area contributed by atoms with Crippen molar-refractivity contribution in [1.82, 2.24) is 0 Å². The molecule has 8 heteroatoms. The maximum Gasteiger partial charge on any atom is 0.271 e. The molecule has 120 valence electrons. The molecule has 0 bridgehead atoms. The Balaban J connectivity index is 2.27. The number of nitrogens with one attached hydrogen (secondary N) is 1. The van der Waals surface area contributed by atoms with Gasteiger partial charge in [0.25, 0.3) is 11.6 Å². The van der Waals surface area contributed by atoms with Crippen molar-refractivity contribution in [2.24, 2.45) is 0 Å². The summed E-state index contributed by atoms with van der Waals surface area (Å²) in [6.07, 6.45) is 1.29. The molecule has 0 saturated carbocycles. The van der Waals surface area contributed by atoms with Gasteiger partial charge in [0.2, 0.25) is 0 Å². The number of rotatable bonds is 4. The minimum Gasteiger partial charge on any atom is -0.319 e. The zero-order valence-corrected chi connectivity index (χ0v) is 12.7. The van der Waals surface area contributed by atoms with Crippen LogP contribution in [0.4, 0.5) is 15.8 Å². The van der Waals surface area contributed by atoms with Crippen molar-refractivity contribution in [2.75, 3.05) is 5.32 Å². The number of nitriles is 1. The molecule has 0 aromatic heterocycles. The summed E-state index contributed by atoms with van der Waals surface area (Å²) >= 11 is 5.75. The molecular weight excluding hydrogens is 337 g/mol. The van der Waals surface area contributed by atoms with Gasteiger partial charge in [-0.1, -0.05) is 23.7 Å². The first-order valence-electron chi connectivity index (χ1n) is 6.53. The summed E-state index contributed by atoms with van der Waals surface area (Å²) < 4.78 is 13.7. The van der Waals surface area contributed by atoms with Crippen molar-refractivity contribution >= 4 is 35.0 Å². The number of hydrogen-bond donors (Lipinski definition) is 1. The number of carbonyl (C=O) groups excluding carboxylic acids is 1. The average Bonchev–Trinajstić information content (AvgIpc) is 2.56. The lowest BCUT2D eigenvalue weighted by molar-refractivity contribution is -0.384. The number of nitro benzene ring substituents is 1. The van der Waals surface area contributed by atoms with Crippen LogP contribution in [0.1, 0.15) is 5.56 Å². The number of hydrogen-bond acceptors (Lipinski definition) is 4. The molecule has 0 saturated heterocycles. The van der Waals surface area contributed by atoms with E-state index in [-0.39, 0.29) is 16.9 Å². The Labute approximate surface area is 140 Å². The number of nitro groups is 1. The quantitative estimate of drug-likeness (QED) is 0.393. The molecule has 2 rings (SSSR count). The largest absolute Gasteiger partial charge is 0.319 e. The number of anilines is 1. The fourth-order valence-electron chi connectivity index (χ4n) is 1.79. The summed E-state index contributed by atoms with van der Waals surface area (Å²) in [5.41, 5.74) is -0.507. The predicted molar refractivity (Wildman–Crippen MR) is 86.7 cm³/mol. The molecule has 0 unspecified atom stereocenters. The molecule has 2 aromatic rings. The summed E-state index contributed by atoms with van der Waals surface area (Å²) in [6.45, 7) is 0. The highest BCUT2D eigenvalue weighted by molar-refractivity contribution is 6.30. The van der Waals surface area contributed by atoms with Crippen LogP contribution in [-0.2, 0) is 4.79 Å². The van der Waals surface area contributed by atoms with Gasteiger partial charge in [-0.3, -0.25) is 14.9 Å². The van der Waals surface area contributed by atoms with E-state index in [1.165, 1.54) is 6.08 Å². The first-order valence-corrected chi connectivity index (χ1v) is 6.91. The Kier molecular flexibility index (Phi) is 5.24. The van der Waals surface area contributed by atoms with Crippen LogP contribution >= 0.6 is 11.6 Å². The summed E-state index contributed by atoms with van der Waals surface area (Å²) in [6, 6.07) is 10.8. The second kappa shape index (κ2) is 7.35. The van der Waals surface area contributed by atoms with Gasteiger partial charge in [-0.15, -0.1) is 0 Å². The number of benzene rings is 2. The molecule has 1 N–H and O–H groups in total. The van der Waals surface area contributed by atoms with E-state index in [1.807, 2.05) is 0 Å². The van der Waals surface area contributed by atoms with E-state index in [0.29, 0.717) is 10.6 Å². The van der Waals surface area contributed by atoms with Gasteiger partial charge in [0.1, 0.15) is 17.5 Å². The summed E-state index contributed by atoms with van der Waals surface area (Å²) in [5, 5.41) is 22.4. The lowest BCUT2D eigenvalue weighted by Gasteiger charge is -2.05. The Morgan fingerprint density at radius 1 is 1.29 bits per heavy atom. The van der Waals surface area contributed by atoms with Crippen molar-refractivity contribution < 1.29 is 14.1 Å². The molecule has 2 aromatic carbocycles. The van der Waals surface area contributed by atoms with Gasteiger partial charge < -0.3 is 5.32 Å². The Hall–Kier alpha value is -3.24. The molecule has 1 amide bonds. The van der Waals surface area contributed by atoms with Crippen molar-refractivity contribution in [1.29, 1.82) is 5.26 Å². The fourth-order valence-corrected chi connectivity index (χ4v) is 1.91. The molecule has 0 heterocycles. The van der Waals surface area contributed by atoms with Crippen molar-refractivity contribution in [3.63, 3.8) is 0 Å². The van der Waals surface area contributed by atoms with Crippen LogP contribution in [0.3, 0.4) is 0 Å². The van der Waals surface area contributed by atoms with E-state index in [2.05, 4.69) is 5.32 Å². The highest BCUT2D eigenvalue weighted by Crippen LogP contribution is 2.22. The zero-order chi connectivity index (χ0) is 17.7. The van der Waals surface area contributed by atoms with Crippen molar-refractivity contribution in [3.8, 4) is 6.07 Å². The maximum atomic E-state index is 13.7. The topological polar surface area (TPSA) is 96.0 Å². The SMILES string of the molecule is N#CC(=Cc1ccc(Cl)cc1)C(=O)Nc1cc([N+](=O)[O-])ccc1F. The van der Waals surface area contributed by atoms with Crippen LogP contribution in [0.2, 0.25) is 5.02 Å². The van der Waals surface area contributed by atoms with Crippen LogP contribution in [-0.4, -0.2) is 10.8 Å². The van der Waals surface area contributed by atoms with Gasteiger partial charge >= 0.3 is 0 Å². The van der Waals surface area contributed by atoms with Gasteiger partial charge in [0.15, 0.2) is 0 Å². The Morgan fingerprint density at radius 2 is 1.96 bits per heavy atom. The van der Waals surface area contributed by atoms with E-state index in [0.717, 1.165) is 18.2 Å². The minimum absolute atomic E-state index is 0.289. The standard InChI is InChI=1S/C16H9ClFN3O3/c17-12-3-1-10(2-4-12)7-11(9-19)16(22)20-15-8-13(21(23)24)5-6-14(15)18/h1-8H,(H,20,22). The summed E-state index contributed by atoms with van der Waals surface area (Å²) in [7, 11) is 0.